The number of hydrogen-bond donors (Lipinski definition) is 1. The van der Waals surface area contributed by atoms with Crippen LogP contribution in [-0.4, -0.2) is 25.2 Å². The first-order chi connectivity index (χ1) is 14.6. The van der Waals surface area contributed by atoms with Crippen molar-refractivity contribution in [3.63, 3.8) is 0 Å². The molecule has 3 rings (SSSR count). The zero-order chi connectivity index (χ0) is 22.8. The van der Waals surface area contributed by atoms with Crippen LogP contribution in [0.2, 0.25) is 15.1 Å². The zero-order valence-corrected chi connectivity index (χ0v) is 19.1. The Morgan fingerprint density at radius 2 is 1.81 bits per heavy atom. The minimum Gasteiger partial charge on any atom is -0.370 e. The van der Waals surface area contributed by atoms with Crippen molar-refractivity contribution in [2.45, 2.75) is 44.3 Å². The second kappa shape index (κ2) is 9.47. The normalized spacial score (nSPS) is 19.0. The van der Waals surface area contributed by atoms with Crippen LogP contribution in [0.4, 0.5) is 18.9 Å². The Kier molecular flexibility index (Phi) is 7.34. The molecule has 1 heterocycles. The van der Waals surface area contributed by atoms with E-state index in [1.165, 1.54) is 18.2 Å². The maximum Gasteiger partial charge on any atom is 0.400 e. The molecule has 0 aromatic heterocycles. The van der Waals surface area contributed by atoms with E-state index in [2.05, 4.69) is 5.32 Å². The number of amides is 1. The molecule has 1 atom stereocenters. The highest BCUT2D eigenvalue weighted by molar-refractivity contribution is 6.34. The molecular weight excluding hydrogens is 472 g/mol. The Morgan fingerprint density at radius 3 is 2.39 bits per heavy atom. The number of anilines is 1. The maximum atomic E-state index is 14.3. The molecule has 2 aromatic rings. The molecule has 31 heavy (non-hydrogen) atoms. The van der Waals surface area contributed by atoms with Crippen molar-refractivity contribution in [1.29, 1.82) is 0 Å². The Hall–Kier alpha value is -1.63. The first-order valence-electron chi connectivity index (χ1n) is 9.89. The Bertz CT molecular complexity index is 947. The molecule has 0 radical (unpaired) electrons. The van der Waals surface area contributed by atoms with E-state index in [9.17, 15) is 18.0 Å². The number of carbonyl (C=O) groups is 1. The third kappa shape index (κ3) is 5.24. The van der Waals surface area contributed by atoms with Crippen LogP contribution in [0.5, 0.6) is 0 Å². The highest BCUT2D eigenvalue weighted by Crippen LogP contribution is 2.49. The van der Waals surface area contributed by atoms with Crippen molar-refractivity contribution in [2.75, 3.05) is 18.0 Å². The lowest BCUT2D eigenvalue weighted by Gasteiger charge is -2.33. The van der Waals surface area contributed by atoms with Gasteiger partial charge in [-0.3, -0.25) is 4.79 Å². The van der Waals surface area contributed by atoms with Crippen LogP contribution in [0.15, 0.2) is 36.4 Å². The van der Waals surface area contributed by atoms with Crippen LogP contribution in [0.3, 0.4) is 0 Å². The number of nitrogens with one attached hydrogen (secondary N) is 1. The van der Waals surface area contributed by atoms with Gasteiger partial charge in [-0.05, 0) is 54.3 Å². The summed E-state index contributed by atoms with van der Waals surface area (Å²) in [6, 6.07) is 9.18. The monoisotopic (exact) mass is 492 g/mol. The number of hydrogen-bond acceptors (Lipinski definition) is 2. The number of nitrogens with zero attached hydrogens (tertiary/aromatic N) is 1. The van der Waals surface area contributed by atoms with E-state index >= 15 is 0 Å². The van der Waals surface area contributed by atoms with E-state index in [1.54, 1.807) is 23.1 Å². The van der Waals surface area contributed by atoms with E-state index < -0.39 is 11.6 Å². The summed E-state index contributed by atoms with van der Waals surface area (Å²) in [4.78, 5) is 13.3. The third-order valence-electron chi connectivity index (χ3n) is 5.58. The molecule has 9 heteroatoms. The highest BCUT2D eigenvalue weighted by Gasteiger charge is 2.59. The van der Waals surface area contributed by atoms with E-state index in [0.717, 1.165) is 6.42 Å². The van der Waals surface area contributed by atoms with E-state index in [0.29, 0.717) is 22.7 Å². The summed E-state index contributed by atoms with van der Waals surface area (Å²) in [5.41, 5.74) is -0.729. The van der Waals surface area contributed by atoms with Crippen molar-refractivity contribution in [3.05, 3.63) is 62.6 Å². The van der Waals surface area contributed by atoms with Crippen LogP contribution in [0.25, 0.3) is 0 Å². The molecule has 0 saturated carbocycles. The Labute approximate surface area is 194 Å². The van der Waals surface area contributed by atoms with Crippen molar-refractivity contribution in [3.8, 4) is 0 Å². The summed E-state index contributed by atoms with van der Waals surface area (Å²) in [6.07, 6.45) is -3.44. The molecule has 0 aliphatic carbocycles. The molecule has 1 aliphatic rings. The van der Waals surface area contributed by atoms with Gasteiger partial charge in [-0.1, -0.05) is 47.8 Å². The smallest absolute Gasteiger partial charge is 0.370 e. The number of rotatable bonds is 6. The molecule has 1 amide bonds. The fourth-order valence-corrected chi connectivity index (χ4v) is 4.64. The predicted molar refractivity (Wildman–Crippen MR) is 119 cm³/mol. The molecule has 2 aromatic carbocycles. The van der Waals surface area contributed by atoms with Crippen molar-refractivity contribution in [1.82, 2.24) is 5.32 Å². The SMILES string of the molecule is CCCC(=O)NCc1ccc(N2CCC(c3cc(Cl)cc(Cl)c3)(C(F)(F)F)C2)cc1Cl. The molecule has 1 fully saturated rings. The maximum absolute atomic E-state index is 14.3. The quantitative estimate of drug-likeness (QED) is 0.481. The summed E-state index contributed by atoms with van der Waals surface area (Å²) in [7, 11) is 0. The fraction of sp³-hybridized carbons (Fsp3) is 0.409. The summed E-state index contributed by atoms with van der Waals surface area (Å²) in [5.74, 6) is -0.0719. The van der Waals surface area contributed by atoms with Crippen molar-refractivity contribution >= 4 is 46.4 Å². The number of halogens is 6. The van der Waals surface area contributed by atoms with Gasteiger partial charge < -0.3 is 10.2 Å². The van der Waals surface area contributed by atoms with E-state index in [1.807, 2.05) is 6.92 Å². The molecule has 0 spiro atoms. The molecule has 0 bridgehead atoms. The number of carbonyl (C=O) groups excluding carboxylic acids is 1. The van der Waals surface area contributed by atoms with E-state index in [4.69, 9.17) is 34.8 Å². The van der Waals surface area contributed by atoms with Gasteiger partial charge in [0, 0.05) is 46.8 Å². The standard InChI is InChI=1S/C22H22Cl3F3N2O/c1-2-3-20(31)29-12-14-4-5-18(11-19(14)25)30-7-6-21(13-30,22(26,27)28)15-8-16(23)10-17(24)9-15/h4-5,8-11H,2-3,6-7,12-13H2,1H3,(H,29,31). The van der Waals surface area contributed by atoms with Crippen molar-refractivity contribution in [2.24, 2.45) is 0 Å². The fourth-order valence-electron chi connectivity index (χ4n) is 3.88. The van der Waals surface area contributed by atoms with Gasteiger partial charge in [0.1, 0.15) is 5.41 Å². The Balaban J connectivity index is 1.84. The van der Waals surface area contributed by atoms with Gasteiger partial charge in [-0.2, -0.15) is 13.2 Å². The van der Waals surface area contributed by atoms with Crippen LogP contribution >= 0.6 is 34.8 Å². The van der Waals surface area contributed by atoms with Gasteiger partial charge >= 0.3 is 6.18 Å². The average molecular weight is 494 g/mol. The minimum atomic E-state index is -4.48. The second-order valence-electron chi connectivity index (χ2n) is 7.71. The van der Waals surface area contributed by atoms with Crippen molar-refractivity contribution < 1.29 is 18.0 Å². The molecular formula is C22H22Cl3F3N2O. The zero-order valence-electron chi connectivity index (χ0n) is 16.8. The van der Waals surface area contributed by atoms with Gasteiger partial charge in [-0.15, -0.1) is 0 Å². The van der Waals surface area contributed by atoms with Gasteiger partial charge in [0.15, 0.2) is 0 Å². The summed E-state index contributed by atoms with van der Waals surface area (Å²) in [5, 5.41) is 3.51. The average Bonchev–Trinajstić information content (AvgIpc) is 3.13. The first-order valence-corrected chi connectivity index (χ1v) is 11.0. The number of alkyl halides is 3. The van der Waals surface area contributed by atoms with Crippen LogP contribution < -0.4 is 10.2 Å². The van der Waals surface area contributed by atoms with Gasteiger partial charge in [0.05, 0.1) is 0 Å². The van der Waals surface area contributed by atoms with Crippen LogP contribution in [-0.2, 0) is 16.8 Å². The first kappa shape index (κ1) is 24.0. The molecule has 1 saturated heterocycles. The lowest BCUT2D eigenvalue weighted by Crippen LogP contribution is -2.44. The molecule has 1 aliphatic heterocycles. The molecule has 168 valence electrons. The minimum absolute atomic E-state index is 0.0568. The number of benzene rings is 2. The largest absolute Gasteiger partial charge is 0.400 e. The lowest BCUT2D eigenvalue weighted by atomic mass is 9.79. The summed E-state index contributed by atoms with van der Waals surface area (Å²) in [6.45, 7) is 2.11. The topological polar surface area (TPSA) is 32.3 Å². The third-order valence-corrected chi connectivity index (χ3v) is 6.37. The van der Waals surface area contributed by atoms with Gasteiger partial charge in [0.25, 0.3) is 0 Å². The molecule has 1 N–H and O–H groups in total. The van der Waals surface area contributed by atoms with Crippen LogP contribution in [0, 0.1) is 0 Å². The molecule has 3 nitrogen and oxygen atoms in total. The molecule has 1 unspecified atom stereocenters. The summed E-state index contributed by atoms with van der Waals surface area (Å²) < 4.78 is 42.8. The predicted octanol–water partition coefficient (Wildman–Crippen LogP) is 6.77. The summed E-state index contributed by atoms with van der Waals surface area (Å²) >= 11 is 18.3. The Morgan fingerprint density at radius 1 is 1.13 bits per heavy atom. The highest BCUT2D eigenvalue weighted by atomic mass is 35.5. The van der Waals surface area contributed by atoms with Gasteiger partial charge in [0.2, 0.25) is 5.91 Å². The lowest BCUT2D eigenvalue weighted by molar-refractivity contribution is -0.184. The van der Waals surface area contributed by atoms with Gasteiger partial charge in [-0.25, -0.2) is 0 Å². The second-order valence-corrected chi connectivity index (χ2v) is 8.99. The van der Waals surface area contributed by atoms with E-state index in [-0.39, 0.29) is 47.6 Å². The van der Waals surface area contributed by atoms with Crippen LogP contribution in [0.1, 0.15) is 37.3 Å².